The third kappa shape index (κ3) is 11.1. The topological polar surface area (TPSA) is 450 Å². The van der Waals surface area contributed by atoms with Crippen molar-refractivity contribution in [2.75, 3.05) is 33.5 Å². The van der Waals surface area contributed by atoms with E-state index in [0.717, 1.165) is 54.3 Å². The van der Waals surface area contributed by atoms with Gasteiger partial charge in [-0.25, -0.2) is 0 Å². The van der Waals surface area contributed by atoms with E-state index in [9.17, 15) is 74.2 Å². The predicted octanol–water partition coefficient (Wildman–Crippen LogP) is 5.49. The Kier molecular flexibility index (Phi) is 14.8. The summed E-state index contributed by atoms with van der Waals surface area (Å²) in [5, 5.41) is 80.0. The van der Waals surface area contributed by atoms with Crippen LogP contribution in [0.1, 0.15) is 16.1 Å². The Labute approximate surface area is 392 Å². The molecule has 32 heteroatoms. The average molecular weight is 1030 g/mol. The first-order chi connectivity index (χ1) is 32.9. The molecule has 5 aromatic carbocycles. The lowest BCUT2D eigenvalue weighted by Gasteiger charge is -2.13. The molecule has 1 aromatic heterocycles. The summed E-state index contributed by atoms with van der Waals surface area (Å²) in [6.45, 7) is -0.623. The number of aryl methyl sites for hydroxylation is 1. The van der Waals surface area contributed by atoms with Crippen molar-refractivity contribution in [3.05, 3.63) is 88.1 Å². The molecule has 1 amide bonds. The Hall–Kier alpha value is -8.11. The number of benzene rings is 5. The van der Waals surface area contributed by atoms with Crippen molar-refractivity contribution in [2.45, 2.75) is 21.6 Å². The standard InChI is InChI=1S/C38H34N10O19S3/c1-18-11-24(27(65-2)17-30(18)68(56,57)58)42-45-35-34(37(39)52)46-47(38(35)53)20-3-5-22-19(12-20)13-32(70(62,63)64)33(36(22)51)44-43-26-16-28(66-9-7-49)25(15-29(26)67-10-8-50)41-40-23-6-4-21(48(54)55)14-31(23)69(59,60)61/h3-6,11-17,49-51,53H,7-10H2,1-2H3,(H2,39,52)(H,56,57,58)(H,59,60,61)(H,62,63,64)/b41-40+,44-43+,45-42+. The van der Waals surface area contributed by atoms with Crippen LogP contribution in [0.15, 0.2) is 112 Å². The van der Waals surface area contributed by atoms with E-state index >= 15 is 0 Å². The van der Waals surface area contributed by atoms with E-state index in [1.807, 2.05) is 0 Å². The van der Waals surface area contributed by atoms with Crippen LogP contribution in [0, 0.1) is 17.0 Å². The molecule has 9 N–H and O–H groups in total. The van der Waals surface area contributed by atoms with Crippen LogP contribution in [-0.2, 0) is 30.4 Å². The fourth-order valence-electron chi connectivity index (χ4n) is 6.24. The first kappa shape index (κ1) is 51.3. The lowest BCUT2D eigenvalue weighted by Crippen LogP contribution is -2.12. The molecule has 70 heavy (non-hydrogen) atoms. The Balaban J connectivity index is 1.44. The van der Waals surface area contributed by atoms with Crippen LogP contribution < -0.4 is 19.9 Å². The van der Waals surface area contributed by atoms with Crippen LogP contribution in [0.4, 0.5) is 39.8 Å². The molecular formula is C38H34N10O19S3. The molecule has 6 aromatic rings. The Bertz CT molecular complexity index is 3550. The number of aromatic nitrogens is 2. The second-order valence-electron chi connectivity index (χ2n) is 13.9. The smallest absolute Gasteiger partial charge is 0.297 e. The number of methoxy groups -OCH3 is 1. The molecule has 0 unspecified atom stereocenters. The summed E-state index contributed by atoms with van der Waals surface area (Å²) >= 11 is 0. The number of nitro groups is 1. The van der Waals surface area contributed by atoms with Crippen LogP contribution in [-0.4, -0.2) is 113 Å². The first-order valence-electron chi connectivity index (χ1n) is 19.1. The lowest BCUT2D eigenvalue weighted by molar-refractivity contribution is -0.385. The number of fused-ring (bicyclic) bond motifs is 1. The molecule has 0 saturated heterocycles. The molecule has 0 bridgehead atoms. The van der Waals surface area contributed by atoms with Crippen molar-refractivity contribution >= 4 is 86.8 Å². The van der Waals surface area contributed by atoms with Gasteiger partial charge in [0.1, 0.15) is 73.6 Å². The summed E-state index contributed by atoms with van der Waals surface area (Å²) in [6.07, 6.45) is 0. The highest BCUT2D eigenvalue weighted by Gasteiger charge is 2.27. The number of hydrogen-bond donors (Lipinski definition) is 8. The Morgan fingerprint density at radius 2 is 1.24 bits per heavy atom. The van der Waals surface area contributed by atoms with E-state index in [4.69, 9.17) is 19.9 Å². The van der Waals surface area contributed by atoms with Crippen molar-refractivity contribution in [1.29, 1.82) is 0 Å². The number of aliphatic hydroxyl groups excluding tert-OH is 2. The largest absolute Gasteiger partial charge is 0.505 e. The monoisotopic (exact) mass is 1030 g/mol. The zero-order valence-electron chi connectivity index (χ0n) is 35.5. The van der Waals surface area contributed by atoms with Gasteiger partial charge in [-0.05, 0) is 54.3 Å². The molecule has 0 spiro atoms. The van der Waals surface area contributed by atoms with Crippen molar-refractivity contribution in [3.8, 4) is 34.6 Å². The number of azo groups is 3. The van der Waals surface area contributed by atoms with Gasteiger partial charge in [0.2, 0.25) is 5.88 Å². The predicted molar refractivity (Wildman–Crippen MR) is 237 cm³/mol. The van der Waals surface area contributed by atoms with Gasteiger partial charge in [0, 0.05) is 35.7 Å². The number of nitrogens with zero attached hydrogens (tertiary/aromatic N) is 9. The molecule has 0 saturated carbocycles. The zero-order chi connectivity index (χ0) is 51.5. The van der Waals surface area contributed by atoms with Crippen molar-refractivity contribution in [1.82, 2.24) is 9.78 Å². The van der Waals surface area contributed by atoms with Gasteiger partial charge in [-0.1, -0.05) is 0 Å². The number of non-ortho nitro benzene ring substituents is 1. The van der Waals surface area contributed by atoms with E-state index in [1.165, 1.54) is 25.1 Å². The van der Waals surface area contributed by atoms with E-state index in [0.29, 0.717) is 6.07 Å². The number of nitro benzene ring substituents is 1. The lowest BCUT2D eigenvalue weighted by atomic mass is 10.1. The SMILES string of the molecule is COc1cc(S(=O)(=O)O)c(C)cc1/N=N/c1c(C(N)=O)nn(-c2ccc3c(O)c(/N=N/c4cc(OCCO)c(/N=N/c5ccc([N+](=O)[O-])cc5S(=O)(=O)O)cc4OCCO)c(S(=O)(=O)O)cc3c2)c1O. The van der Waals surface area contributed by atoms with Crippen LogP contribution in [0.3, 0.4) is 0 Å². The van der Waals surface area contributed by atoms with E-state index in [2.05, 4.69) is 35.8 Å². The number of hydrogen-bond acceptors (Lipinski definition) is 23. The second-order valence-corrected chi connectivity index (χ2v) is 18.1. The maximum Gasteiger partial charge on any atom is 0.297 e. The number of aromatic hydroxyl groups is 2. The maximum absolute atomic E-state index is 12.8. The number of nitrogens with two attached hydrogens (primary N) is 1. The number of carbonyl (C=O) groups is 1. The number of carbonyl (C=O) groups excluding carboxylic acids is 1. The highest BCUT2D eigenvalue weighted by molar-refractivity contribution is 7.86. The normalized spacial score (nSPS) is 12.4. The van der Waals surface area contributed by atoms with Gasteiger partial charge in [0.25, 0.3) is 41.9 Å². The van der Waals surface area contributed by atoms with E-state index in [1.54, 1.807) is 0 Å². The zero-order valence-corrected chi connectivity index (χ0v) is 38.0. The van der Waals surface area contributed by atoms with Crippen LogP contribution in [0.25, 0.3) is 16.5 Å². The Morgan fingerprint density at radius 1 is 0.700 bits per heavy atom. The minimum Gasteiger partial charge on any atom is -0.505 e. The summed E-state index contributed by atoms with van der Waals surface area (Å²) < 4.78 is 120. The average Bonchev–Trinajstić information content (AvgIpc) is 3.62. The number of aliphatic hydroxyl groups is 2. The fraction of sp³-hybridized carbons (Fsp3) is 0.158. The number of amides is 1. The minimum atomic E-state index is -5.29. The molecule has 0 radical (unpaired) electrons. The van der Waals surface area contributed by atoms with Crippen molar-refractivity contribution < 1.29 is 83.3 Å². The number of primary amides is 1. The van der Waals surface area contributed by atoms with E-state index in [-0.39, 0.29) is 56.3 Å². The maximum atomic E-state index is 12.8. The summed E-state index contributed by atoms with van der Waals surface area (Å²) in [7, 11) is -13.9. The number of rotatable bonds is 19. The van der Waals surface area contributed by atoms with E-state index < -0.39 is 122 Å². The molecule has 368 valence electrons. The van der Waals surface area contributed by atoms with Gasteiger partial charge >= 0.3 is 0 Å². The number of ether oxygens (including phenoxy) is 3. The Morgan fingerprint density at radius 3 is 1.77 bits per heavy atom. The second kappa shape index (κ2) is 20.2. The van der Waals surface area contributed by atoms with Gasteiger partial charge in [0.15, 0.2) is 17.1 Å². The molecule has 0 fully saturated rings. The number of phenols is 1. The third-order valence-electron chi connectivity index (χ3n) is 9.33. The summed E-state index contributed by atoms with van der Waals surface area (Å²) in [5.74, 6) is -3.71. The number of phenolic OH excluding ortho intramolecular Hbond substituents is 1. The van der Waals surface area contributed by atoms with Crippen LogP contribution in [0.2, 0.25) is 0 Å². The van der Waals surface area contributed by atoms with Crippen molar-refractivity contribution in [3.63, 3.8) is 0 Å². The summed E-state index contributed by atoms with van der Waals surface area (Å²) in [6, 6.07) is 11.0. The first-order valence-corrected chi connectivity index (χ1v) is 23.4. The van der Waals surface area contributed by atoms with Crippen LogP contribution in [0.5, 0.6) is 28.9 Å². The molecule has 6 rings (SSSR count). The molecule has 0 aliphatic rings. The summed E-state index contributed by atoms with van der Waals surface area (Å²) in [4.78, 5) is 20.3. The minimum absolute atomic E-state index is 0.0236. The fourth-order valence-corrected chi connectivity index (χ4v) is 8.26. The highest BCUT2D eigenvalue weighted by atomic mass is 32.2. The summed E-state index contributed by atoms with van der Waals surface area (Å²) in [5.41, 5.74) is 1.34. The van der Waals surface area contributed by atoms with Crippen molar-refractivity contribution in [2.24, 2.45) is 36.4 Å². The van der Waals surface area contributed by atoms with Gasteiger partial charge < -0.3 is 40.4 Å². The molecule has 29 nitrogen and oxygen atoms in total. The van der Waals surface area contributed by atoms with Crippen LogP contribution >= 0.6 is 0 Å². The quantitative estimate of drug-likeness (QED) is 0.0215. The van der Waals surface area contributed by atoms with Gasteiger partial charge in [-0.2, -0.15) is 35.0 Å². The third-order valence-corrected chi connectivity index (χ3v) is 12.1. The van der Waals surface area contributed by atoms with Gasteiger partial charge in [-0.15, -0.1) is 30.7 Å². The van der Waals surface area contributed by atoms with Gasteiger partial charge in [0.05, 0.1) is 30.9 Å². The molecule has 0 atom stereocenters. The van der Waals surface area contributed by atoms with Gasteiger partial charge in [-0.3, -0.25) is 28.6 Å². The highest BCUT2D eigenvalue weighted by Crippen LogP contribution is 2.46. The molecule has 1 heterocycles. The molecule has 0 aliphatic heterocycles. The molecule has 0 aliphatic carbocycles. The molecular weight excluding hydrogens is 997 g/mol.